The number of esters is 1. The first-order valence-corrected chi connectivity index (χ1v) is 5.14. The number of aromatic nitrogens is 1. The van der Waals surface area contributed by atoms with Crippen LogP contribution in [-0.4, -0.2) is 22.7 Å². The summed E-state index contributed by atoms with van der Waals surface area (Å²) in [6, 6.07) is 5.24. The molecule has 16 heavy (non-hydrogen) atoms. The lowest BCUT2D eigenvalue weighted by molar-refractivity contribution is 0.0526. The summed E-state index contributed by atoms with van der Waals surface area (Å²) in [6.45, 7) is 2.08. The van der Waals surface area contributed by atoms with Gasteiger partial charge in [-0.25, -0.2) is 4.79 Å². The summed E-state index contributed by atoms with van der Waals surface area (Å²) < 4.78 is 4.92. The molecule has 0 atom stereocenters. The first-order chi connectivity index (χ1) is 7.76. The van der Waals surface area contributed by atoms with Crippen LogP contribution in [0, 0.1) is 0 Å². The van der Waals surface area contributed by atoms with E-state index in [1.807, 2.05) is 0 Å². The molecular weight excluding hydrogens is 206 g/mol. The quantitative estimate of drug-likeness (QED) is 0.774. The van der Waals surface area contributed by atoms with E-state index in [4.69, 9.17) is 9.84 Å². The Morgan fingerprint density at radius 2 is 2.31 bits per heavy atom. The Hall–Kier alpha value is -1.81. The predicted molar refractivity (Wildman–Crippen MR) is 60.2 cm³/mol. The molecule has 0 unspecified atom stereocenters. The fourth-order valence-corrected chi connectivity index (χ4v) is 1.65. The Balaban J connectivity index is 2.45. The number of hydrogen-bond donors (Lipinski definition) is 2. The normalized spacial score (nSPS) is 10.6. The number of aliphatic hydroxyl groups is 1. The van der Waals surface area contributed by atoms with E-state index in [9.17, 15) is 4.79 Å². The fraction of sp³-hybridized carbons (Fsp3) is 0.250. The van der Waals surface area contributed by atoms with Gasteiger partial charge in [-0.3, -0.25) is 0 Å². The van der Waals surface area contributed by atoms with Crippen molar-refractivity contribution in [3.05, 3.63) is 35.5 Å². The molecule has 0 amide bonds. The van der Waals surface area contributed by atoms with Gasteiger partial charge in [0.1, 0.15) is 0 Å². The fourth-order valence-electron chi connectivity index (χ4n) is 1.65. The molecule has 0 saturated carbocycles. The smallest absolute Gasteiger partial charge is 0.338 e. The summed E-state index contributed by atoms with van der Waals surface area (Å²) in [6.07, 6.45) is 1.74. The van der Waals surface area contributed by atoms with Crippen molar-refractivity contribution in [3.63, 3.8) is 0 Å². The third-order valence-corrected chi connectivity index (χ3v) is 2.45. The molecule has 2 aromatic rings. The van der Waals surface area contributed by atoms with Gasteiger partial charge in [-0.15, -0.1) is 0 Å². The third kappa shape index (κ3) is 1.79. The summed E-state index contributed by atoms with van der Waals surface area (Å²) in [5, 5.41) is 9.98. The summed E-state index contributed by atoms with van der Waals surface area (Å²) in [7, 11) is 0. The van der Waals surface area contributed by atoms with Gasteiger partial charge in [0.15, 0.2) is 0 Å². The largest absolute Gasteiger partial charge is 0.462 e. The Kier molecular flexibility index (Phi) is 2.92. The number of aromatic amines is 1. The molecular formula is C12H13NO3. The van der Waals surface area contributed by atoms with Crippen LogP contribution in [-0.2, 0) is 11.3 Å². The van der Waals surface area contributed by atoms with Crippen molar-refractivity contribution in [1.82, 2.24) is 4.98 Å². The van der Waals surface area contributed by atoms with Gasteiger partial charge in [0.05, 0.1) is 18.8 Å². The number of rotatable bonds is 3. The average Bonchev–Trinajstić information content (AvgIpc) is 2.71. The van der Waals surface area contributed by atoms with Crippen LogP contribution in [0.25, 0.3) is 10.9 Å². The number of benzene rings is 1. The van der Waals surface area contributed by atoms with Crippen LogP contribution in [0.2, 0.25) is 0 Å². The topological polar surface area (TPSA) is 62.3 Å². The van der Waals surface area contributed by atoms with Gasteiger partial charge in [-0.1, -0.05) is 0 Å². The van der Waals surface area contributed by atoms with Crippen LogP contribution >= 0.6 is 0 Å². The zero-order valence-electron chi connectivity index (χ0n) is 8.99. The summed E-state index contributed by atoms with van der Waals surface area (Å²) in [5.41, 5.74) is 2.18. The van der Waals surface area contributed by atoms with E-state index >= 15 is 0 Å². The first kappa shape index (κ1) is 10.7. The van der Waals surface area contributed by atoms with E-state index in [2.05, 4.69) is 4.98 Å². The monoisotopic (exact) mass is 219 g/mol. The molecule has 2 N–H and O–H groups in total. The van der Waals surface area contributed by atoms with Gasteiger partial charge in [0.2, 0.25) is 0 Å². The summed E-state index contributed by atoms with van der Waals surface area (Å²) in [5.74, 6) is -0.338. The number of carbonyl (C=O) groups excluding carboxylic acids is 1. The van der Waals surface area contributed by atoms with E-state index in [0.29, 0.717) is 12.2 Å². The second kappa shape index (κ2) is 4.37. The van der Waals surface area contributed by atoms with E-state index in [0.717, 1.165) is 16.5 Å². The average molecular weight is 219 g/mol. The molecule has 84 valence electrons. The van der Waals surface area contributed by atoms with Crippen LogP contribution in [0.5, 0.6) is 0 Å². The minimum atomic E-state index is -0.338. The first-order valence-electron chi connectivity index (χ1n) is 5.14. The molecule has 0 aliphatic heterocycles. The van der Waals surface area contributed by atoms with E-state index in [-0.39, 0.29) is 12.6 Å². The van der Waals surface area contributed by atoms with Gasteiger partial charge in [0.25, 0.3) is 0 Å². The molecule has 2 rings (SSSR count). The molecule has 0 aliphatic carbocycles. The Morgan fingerprint density at radius 1 is 1.50 bits per heavy atom. The molecule has 4 nitrogen and oxygen atoms in total. The van der Waals surface area contributed by atoms with Gasteiger partial charge in [-0.2, -0.15) is 0 Å². The van der Waals surface area contributed by atoms with Crippen LogP contribution in [0.4, 0.5) is 0 Å². The van der Waals surface area contributed by atoms with Gasteiger partial charge in [0, 0.05) is 22.7 Å². The van der Waals surface area contributed by atoms with E-state index < -0.39 is 0 Å². The lowest BCUT2D eigenvalue weighted by Gasteiger charge is -2.02. The van der Waals surface area contributed by atoms with Gasteiger partial charge in [-0.05, 0) is 25.1 Å². The Morgan fingerprint density at radius 3 is 3.00 bits per heavy atom. The molecule has 1 aromatic carbocycles. The summed E-state index contributed by atoms with van der Waals surface area (Å²) >= 11 is 0. The maximum atomic E-state index is 11.5. The zero-order valence-corrected chi connectivity index (χ0v) is 8.99. The summed E-state index contributed by atoms with van der Waals surface area (Å²) in [4.78, 5) is 14.5. The minimum absolute atomic E-state index is 0.0493. The minimum Gasteiger partial charge on any atom is -0.462 e. The van der Waals surface area contributed by atoms with Gasteiger partial charge < -0.3 is 14.8 Å². The van der Waals surface area contributed by atoms with Crippen molar-refractivity contribution in [2.75, 3.05) is 6.61 Å². The van der Waals surface area contributed by atoms with Crippen LogP contribution < -0.4 is 0 Å². The van der Waals surface area contributed by atoms with Gasteiger partial charge >= 0.3 is 5.97 Å². The second-order valence-corrected chi connectivity index (χ2v) is 3.45. The molecule has 0 fully saturated rings. The SMILES string of the molecule is CCOC(=O)c1ccc2[nH]cc(CO)c2c1. The highest BCUT2D eigenvalue weighted by Crippen LogP contribution is 2.20. The molecule has 1 aromatic heterocycles. The van der Waals surface area contributed by atoms with Crippen molar-refractivity contribution in [3.8, 4) is 0 Å². The molecule has 0 bridgehead atoms. The lowest BCUT2D eigenvalue weighted by Crippen LogP contribution is -2.04. The van der Waals surface area contributed by atoms with Crippen LogP contribution in [0.1, 0.15) is 22.8 Å². The van der Waals surface area contributed by atoms with Crippen molar-refractivity contribution in [1.29, 1.82) is 0 Å². The number of fused-ring (bicyclic) bond motifs is 1. The molecule has 0 radical (unpaired) electrons. The molecule has 0 aliphatic rings. The Labute approximate surface area is 92.9 Å². The van der Waals surface area contributed by atoms with Crippen molar-refractivity contribution in [2.45, 2.75) is 13.5 Å². The predicted octanol–water partition coefficient (Wildman–Crippen LogP) is 1.84. The number of hydrogen-bond acceptors (Lipinski definition) is 3. The maximum Gasteiger partial charge on any atom is 0.338 e. The highest BCUT2D eigenvalue weighted by atomic mass is 16.5. The number of nitrogens with one attached hydrogen (secondary N) is 1. The van der Waals surface area contributed by atoms with Crippen molar-refractivity contribution in [2.24, 2.45) is 0 Å². The second-order valence-electron chi connectivity index (χ2n) is 3.45. The number of aliphatic hydroxyl groups excluding tert-OH is 1. The highest BCUT2D eigenvalue weighted by molar-refractivity contribution is 5.95. The van der Waals surface area contributed by atoms with Crippen LogP contribution in [0.3, 0.4) is 0 Å². The number of H-pyrrole nitrogens is 1. The molecule has 4 heteroatoms. The lowest BCUT2D eigenvalue weighted by atomic mass is 10.1. The highest BCUT2D eigenvalue weighted by Gasteiger charge is 2.09. The van der Waals surface area contributed by atoms with E-state index in [1.165, 1.54) is 0 Å². The Bertz CT molecular complexity index is 516. The van der Waals surface area contributed by atoms with E-state index in [1.54, 1.807) is 31.3 Å². The van der Waals surface area contributed by atoms with Crippen molar-refractivity contribution >= 4 is 16.9 Å². The maximum absolute atomic E-state index is 11.5. The molecule has 1 heterocycles. The van der Waals surface area contributed by atoms with Crippen LogP contribution in [0.15, 0.2) is 24.4 Å². The molecule has 0 spiro atoms. The number of carbonyl (C=O) groups is 1. The third-order valence-electron chi connectivity index (χ3n) is 2.45. The molecule has 0 saturated heterocycles. The standard InChI is InChI=1S/C12H13NO3/c1-2-16-12(15)8-3-4-11-10(5-8)9(7-14)6-13-11/h3-6,13-14H,2,7H2,1H3. The van der Waals surface area contributed by atoms with Crippen molar-refractivity contribution < 1.29 is 14.6 Å². The zero-order chi connectivity index (χ0) is 11.5. The number of ether oxygens (including phenoxy) is 1.